The molecule has 1 saturated heterocycles. The summed E-state index contributed by atoms with van der Waals surface area (Å²) in [5, 5.41) is 7.85. The number of thioether (sulfide) groups is 1. The lowest BCUT2D eigenvalue weighted by molar-refractivity contribution is -0.151. The number of nitrogens with zero attached hydrogens (tertiary/aromatic N) is 2. The highest BCUT2D eigenvalue weighted by molar-refractivity contribution is 8.00. The molecule has 12 heteroatoms. The molecule has 2 aliphatic rings. The maximum atomic E-state index is 12.7. The number of carbonyl (C=O) groups is 4. The van der Waals surface area contributed by atoms with Crippen molar-refractivity contribution in [2.75, 3.05) is 26.6 Å². The Labute approximate surface area is 180 Å². The molecule has 0 aromatic carbocycles. The molecule has 3 rings (SSSR count). The molecule has 2 aliphatic heterocycles. The fourth-order valence-corrected chi connectivity index (χ4v) is 4.87. The maximum Gasteiger partial charge on any atom is 0.355 e. The van der Waals surface area contributed by atoms with Crippen LogP contribution in [0.25, 0.3) is 0 Å². The largest absolute Gasteiger partial charge is 0.466 e. The van der Waals surface area contributed by atoms with Crippen molar-refractivity contribution in [1.29, 1.82) is 0 Å². The molecule has 30 heavy (non-hydrogen) atoms. The molecule has 0 unspecified atom stereocenters. The molecule has 1 aromatic heterocycles. The quantitative estimate of drug-likeness (QED) is 0.258. The molecule has 2 amide bonds. The summed E-state index contributed by atoms with van der Waals surface area (Å²) in [6, 6.07) is 2.98. The van der Waals surface area contributed by atoms with Crippen LogP contribution in [0.5, 0.6) is 0 Å². The first kappa shape index (κ1) is 21.8. The van der Waals surface area contributed by atoms with Crippen LogP contribution in [-0.2, 0) is 39.9 Å². The maximum absolute atomic E-state index is 12.7. The standard InChI is InChI=1S/C18H19N3O7S2/c1-26-13(23)8-28-19-7-10-9-30-17-14(16(24)21(17)15(10)18(25)27-2)20-12(22)6-11-4-3-5-29-11/h3-5,7,14,17H,6,8-9H2,1-2H3,(H,20,22)/b19-7+/t14-,17-/m1/s1. The first-order chi connectivity index (χ1) is 14.5. The van der Waals surface area contributed by atoms with E-state index in [1.807, 2.05) is 17.5 Å². The molecule has 0 saturated carbocycles. The average molecular weight is 453 g/mol. The van der Waals surface area contributed by atoms with Gasteiger partial charge in [-0.3, -0.25) is 14.5 Å². The Morgan fingerprint density at radius 2 is 2.13 bits per heavy atom. The summed E-state index contributed by atoms with van der Waals surface area (Å²) in [5.74, 6) is -1.64. The van der Waals surface area contributed by atoms with E-state index in [-0.39, 0.29) is 24.6 Å². The van der Waals surface area contributed by atoms with Gasteiger partial charge < -0.3 is 19.6 Å². The Balaban J connectivity index is 1.69. The second-order valence-electron chi connectivity index (χ2n) is 6.16. The molecule has 1 N–H and O–H groups in total. The molecule has 2 atom stereocenters. The molecule has 1 aromatic rings. The zero-order valence-electron chi connectivity index (χ0n) is 16.2. The van der Waals surface area contributed by atoms with Gasteiger partial charge >= 0.3 is 11.9 Å². The van der Waals surface area contributed by atoms with E-state index in [1.54, 1.807) is 0 Å². The Kier molecular flexibility index (Phi) is 7.11. The number of fused-ring (bicyclic) bond motifs is 1. The Bertz CT molecular complexity index is 898. The number of oxime groups is 1. The number of thiophene rings is 1. The number of ether oxygens (including phenoxy) is 2. The van der Waals surface area contributed by atoms with E-state index in [0.29, 0.717) is 11.3 Å². The topological polar surface area (TPSA) is 124 Å². The Morgan fingerprint density at radius 3 is 2.80 bits per heavy atom. The zero-order valence-corrected chi connectivity index (χ0v) is 17.8. The van der Waals surface area contributed by atoms with Gasteiger partial charge in [0.1, 0.15) is 17.1 Å². The van der Waals surface area contributed by atoms with Gasteiger partial charge in [0, 0.05) is 16.2 Å². The van der Waals surface area contributed by atoms with E-state index in [4.69, 9.17) is 9.57 Å². The summed E-state index contributed by atoms with van der Waals surface area (Å²) >= 11 is 2.83. The number of esters is 2. The van der Waals surface area contributed by atoms with Crippen molar-refractivity contribution >= 4 is 53.1 Å². The highest BCUT2D eigenvalue weighted by Crippen LogP contribution is 2.40. The van der Waals surface area contributed by atoms with Crippen LogP contribution in [0.2, 0.25) is 0 Å². The van der Waals surface area contributed by atoms with Gasteiger partial charge in [-0.05, 0) is 11.4 Å². The normalized spacial score (nSPS) is 20.5. The lowest BCUT2D eigenvalue weighted by Crippen LogP contribution is -2.70. The third kappa shape index (κ3) is 4.65. The third-order valence-electron chi connectivity index (χ3n) is 4.30. The van der Waals surface area contributed by atoms with Gasteiger partial charge in [0.25, 0.3) is 5.91 Å². The summed E-state index contributed by atoms with van der Waals surface area (Å²) in [6.45, 7) is -0.384. The molecule has 0 radical (unpaired) electrons. The molecule has 160 valence electrons. The summed E-state index contributed by atoms with van der Waals surface area (Å²) in [6.07, 6.45) is 1.45. The lowest BCUT2D eigenvalue weighted by atomic mass is 10.0. The fraction of sp³-hybridized carbons (Fsp3) is 0.389. The molecule has 10 nitrogen and oxygen atoms in total. The Morgan fingerprint density at radius 1 is 1.33 bits per heavy atom. The summed E-state index contributed by atoms with van der Waals surface area (Å²) in [5.41, 5.74) is 0.449. The number of nitrogens with one attached hydrogen (secondary N) is 1. The lowest BCUT2D eigenvalue weighted by Gasteiger charge is -2.49. The summed E-state index contributed by atoms with van der Waals surface area (Å²) < 4.78 is 9.24. The van der Waals surface area contributed by atoms with Crippen molar-refractivity contribution in [3.8, 4) is 0 Å². The van der Waals surface area contributed by atoms with E-state index < -0.39 is 29.3 Å². The Hall–Kier alpha value is -2.86. The van der Waals surface area contributed by atoms with Gasteiger partial charge in [-0.1, -0.05) is 11.2 Å². The molecule has 3 heterocycles. The highest BCUT2D eigenvalue weighted by Gasteiger charge is 2.54. The first-order valence-corrected chi connectivity index (χ1v) is 10.7. The van der Waals surface area contributed by atoms with Crippen molar-refractivity contribution in [3.63, 3.8) is 0 Å². The molecule has 0 bridgehead atoms. The zero-order chi connectivity index (χ0) is 21.7. The van der Waals surface area contributed by atoms with Crippen LogP contribution in [0.3, 0.4) is 0 Å². The monoisotopic (exact) mass is 453 g/mol. The van der Waals surface area contributed by atoms with Gasteiger partial charge in [0.2, 0.25) is 12.5 Å². The van der Waals surface area contributed by atoms with Gasteiger partial charge in [-0.2, -0.15) is 0 Å². The fourth-order valence-electron chi connectivity index (χ4n) is 2.87. The number of amides is 2. The van der Waals surface area contributed by atoms with Gasteiger partial charge in [0.15, 0.2) is 0 Å². The van der Waals surface area contributed by atoms with Crippen LogP contribution in [-0.4, -0.2) is 72.9 Å². The predicted octanol–water partition coefficient (Wildman–Crippen LogP) is 0.293. The van der Waals surface area contributed by atoms with E-state index >= 15 is 0 Å². The van der Waals surface area contributed by atoms with Crippen molar-refractivity contribution in [1.82, 2.24) is 10.2 Å². The van der Waals surface area contributed by atoms with Crippen molar-refractivity contribution in [2.45, 2.75) is 17.8 Å². The average Bonchev–Trinajstić information content (AvgIpc) is 3.26. The number of hydrogen-bond acceptors (Lipinski definition) is 10. The van der Waals surface area contributed by atoms with Crippen LogP contribution in [0.1, 0.15) is 4.88 Å². The summed E-state index contributed by atoms with van der Waals surface area (Å²) in [4.78, 5) is 55.3. The molecule has 0 aliphatic carbocycles. The minimum Gasteiger partial charge on any atom is -0.466 e. The van der Waals surface area contributed by atoms with Crippen molar-refractivity contribution < 1.29 is 33.5 Å². The van der Waals surface area contributed by atoms with Crippen LogP contribution in [0.4, 0.5) is 0 Å². The van der Waals surface area contributed by atoms with Crippen LogP contribution in [0, 0.1) is 0 Å². The SMILES string of the molecule is COC(=O)CO/N=C/C1=C(C(=O)OC)N2C(=O)[C@@H](NC(=O)Cc3cccs3)[C@H]2SC1. The van der Waals surface area contributed by atoms with E-state index in [0.717, 1.165) is 4.88 Å². The van der Waals surface area contributed by atoms with Gasteiger partial charge in [0.05, 0.1) is 26.9 Å². The van der Waals surface area contributed by atoms with Crippen LogP contribution >= 0.6 is 23.1 Å². The van der Waals surface area contributed by atoms with Crippen LogP contribution in [0.15, 0.2) is 33.9 Å². The second-order valence-corrected chi connectivity index (χ2v) is 8.30. The van der Waals surface area contributed by atoms with E-state index in [2.05, 4.69) is 15.2 Å². The number of rotatable bonds is 8. The van der Waals surface area contributed by atoms with E-state index in [1.165, 1.54) is 48.4 Å². The van der Waals surface area contributed by atoms with Crippen molar-refractivity contribution in [2.24, 2.45) is 5.16 Å². The molecule has 1 fully saturated rings. The third-order valence-corrected chi connectivity index (χ3v) is 6.48. The van der Waals surface area contributed by atoms with Gasteiger partial charge in [-0.15, -0.1) is 23.1 Å². The first-order valence-electron chi connectivity index (χ1n) is 8.76. The minimum absolute atomic E-state index is 0.0421. The number of carbonyl (C=O) groups excluding carboxylic acids is 4. The van der Waals surface area contributed by atoms with Crippen molar-refractivity contribution in [3.05, 3.63) is 33.7 Å². The molecular weight excluding hydrogens is 434 g/mol. The predicted molar refractivity (Wildman–Crippen MR) is 109 cm³/mol. The van der Waals surface area contributed by atoms with Gasteiger partial charge in [-0.25, -0.2) is 9.59 Å². The molecular formula is C18H19N3O7S2. The number of methoxy groups -OCH3 is 2. The second kappa shape index (κ2) is 9.76. The summed E-state index contributed by atoms with van der Waals surface area (Å²) in [7, 11) is 2.43. The highest BCUT2D eigenvalue weighted by atomic mass is 32.2. The molecule has 0 spiro atoms. The smallest absolute Gasteiger partial charge is 0.355 e. The number of β-lactam (4-membered cyclic amide) rings is 1. The number of hydrogen-bond donors (Lipinski definition) is 1. The van der Waals surface area contributed by atoms with Crippen LogP contribution < -0.4 is 5.32 Å². The van der Waals surface area contributed by atoms with E-state index in [9.17, 15) is 19.2 Å². The minimum atomic E-state index is -0.726.